The highest BCUT2D eigenvalue weighted by Crippen LogP contribution is 2.23. The number of hydrogen-bond acceptors (Lipinski definition) is 3. The van der Waals surface area contributed by atoms with Gasteiger partial charge in [-0.25, -0.2) is 9.48 Å². The van der Waals surface area contributed by atoms with Crippen LogP contribution in [-0.4, -0.2) is 33.1 Å². The predicted octanol–water partition coefficient (Wildman–Crippen LogP) is 2.42. The van der Waals surface area contributed by atoms with E-state index in [2.05, 4.69) is 15.7 Å². The van der Waals surface area contributed by atoms with Gasteiger partial charge in [-0.1, -0.05) is 11.6 Å². The number of benzene rings is 1. The standard InChI is InChI=1S/C14H17ClN4O2/c1-14(2,9-20)18-13(21)17-10-4-5-12(11(15)8-10)19-7-3-6-16-19/h3-8,20H,9H2,1-2H3,(H2,17,18,21). The molecule has 0 saturated heterocycles. The van der Waals surface area contributed by atoms with E-state index >= 15 is 0 Å². The summed E-state index contributed by atoms with van der Waals surface area (Å²) in [5, 5.41) is 19.0. The van der Waals surface area contributed by atoms with Crippen LogP contribution in [0.15, 0.2) is 36.7 Å². The zero-order valence-corrected chi connectivity index (χ0v) is 12.6. The Morgan fingerprint density at radius 1 is 1.48 bits per heavy atom. The fourth-order valence-corrected chi connectivity index (χ4v) is 1.96. The molecular weight excluding hydrogens is 292 g/mol. The second kappa shape index (κ2) is 6.15. The second-order valence-corrected chi connectivity index (χ2v) is 5.65. The summed E-state index contributed by atoms with van der Waals surface area (Å²) in [6.45, 7) is 3.29. The maximum Gasteiger partial charge on any atom is 0.319 e. The van der Waals surface area contributed by atoms with Gasteiger partial charge >= 0.3 is 6.03 Å². The average molecular weight is 309 g/mol. The molecule has 0 bridgehead atoms. The quantitative estimate of drug-likeness (QED) is 0.811. The first-order valence-electron chi connectivity index (χ1n) is 6.41. The third-order valence-electron chi connectivity index (χ3n) is 2.80. The molecule has 1 heterocycles. The van der Waals surface area contributed by atoms with Crippen molar-refractivity contribution in [3.05, 3.63) is 41.7 Å². The van der Waals surface area contributed by atoms with Crippen molar-refractivity contribution in [3.63, 3.8) is 0 Å². The van der Waals surface area contributed by atoms with Crippen molar-refractivity contribution in [1.29, 1.82) is 0 Å². The van der Waals surface area contributed by atoms with E-state index in [1.807, 2.05) is 0 Å². The van der Waals surface area contributed by atoms with Gasteiger partial charge in [0.25, 0.3) is 0 Å². The fraction of sp³-hybridized carbons (Fsp3) is 0.286. The maximum atomic E-state index is 11.8. The number of urea groups is 1. The molecule has 3 N–H and O–H groups in total. The Labute approximate surface area is 127 Å². The highest BCUT2D eigenvalue weighted by atomic mass is 35.5. The Hall–Kier alpha value is -2.05. The number of nitrogens with one attached hydrogen (secondary N) is 2. The van der Waals surface area contributed by atoms with Gasteiger partial charge in [0.1, 0.15) is 0 Å². The molecule has 0 radical (unpaired) electrons. The lowest BCUT2D eigenvalue weighted by molar-refractivity contribution is 0.187. The van der Waals surface area contributed by atoms with Gasteiger partial charge in [-0.3, -0.25) is 0 Å². The zero-order valence-electron chi connectivity index (χ0n) is 11.8. The highest BCUT2D eigenvalue weighted by Gasteiger charge is 2.19. The monoisotopic (exact) mass is 308 g/mol. The molecule has 2 amide bonds. The van der Waals surface area contributed by atoms with Gasteiger partial charge in [-0.15, -0.1) is 0 Å². The number of carbonyl (C=O) groups is 1. The molecule has 2 rings (SSSR count). The largest absolute Gasteiger partial charge is 0.394 e. The summed E-state index contributed by atoms with van der Waals surface area (Å²) < 4.78 is 1.64. The molecule has 2 aromatic rings. The van der Waals surface area contributed by atoms with Crippen LogP contribution >= 0.6 is 11.6 Å². The molecule has 1 aromatic carbocycles. The van der Waals surface area contributed by atoms with E-state index < -0.39 is 11.6 Å². The number of hydrogen-bond donors (Lipinski definition) is 3. The third-order valence-corrected chi connectivity index (χ3v) is 3.11. The van der Waals surface area contributed by atoms with Crippen molar-refractivity contribution in [2.45, 2.75) is 19.4 Å². The molecule has 0 aliphatic rings. The minimum absolute atomic E-state index is 0.153. The van der Waals surface area contributed by atoms with Gasteiger partial charge in [0.15, 0.2) is 0 Å². The van der Waals surface area contributed by atoms with Crippen LogP contribution in [0, 0.1) is 0 Å². The van der Waals surface area contributed by atoms with E-state index in [9.17, 15) is 4.79 Å². The van der Waals surface area contributed by atoms with Gasteiger partial charge in [0.2, 0.25) is 0 Å². The molecule has 0 fully saturated rings. The number of aliphatic hydroxyl groups excluding tert-OH is 1. The van der Waals surface area contributed by atoms with Crippen molar-refractivity contribution in [2.24, 2.45) is 0 Å². The Morgan fingerprint density at radius 2 is 2.24 bits per heavy atom. The summed E-state index contributed by atoms with van der Waals surface area (Å²) >= 11 is 6.19. The van der Waals surface area contributed by atoms with Crippen molar-refractivity contribution in [3.8, 4) is 5.69 Å². The Kier molecular flexibility index (Phi) is 4.50. The van der Waals surface area contributed by atoms with Crippen LogP contribution in [0.3, 0.4) is 0 Å². The van der Waals surface area contributed by atoms with Gasteiger partial charge < -0.3 is 15.7 Å². The Bertz CT molecular complexity index is 626. The first-order chi connectivity index (χ1) is 9.91. The fourth-order valence-electron chi connectivity index (χ4n) is 1.69. The second-order valence-electron chi connectivity index (χ2n) is 5.24. The number of aliphatic hydroxyl groups is 1. The highest BCUT2D eigenvalue weighted by molar-refractivity contribution is 6.32. The van der Waals surface area contributed by atoms with E-state index in [1.54, 1.807) is 55.2 Å². The molecule has 1 aromatic heterocycles. The number of nitrogens with zero attached hydrogens (tertiary/aromatic N) is 2. The van der Waals surface area contributed by atoms with Crippen LogP contribution in [-0.2, 0) is 0 Å². The summed E-state index contributed by atoms with van der Waals surface area (Å²) in [6.07, 6.45) is 3.44. The molecule has 0 atom stereocenters. The lowest BCUT2D eigenvalue weighted by Gasteiger charge is -2.23. The molecular formula is C14H17ClN4O2. The molecule has 112 valence electrons. The van der Waals surface area contributed by atoms with Crippen molar-refractivity contribution in [1.82, 2.24) is 15.1 Å². The average Bonchev–Trinajstić information content (AvgIpc) is 2.92. The normalized spacial score (nSPS) is 11.2. The molecule has 0 saturated carbocycles. The number of carbonyl (C=O) groups excluding carboxylic acids is 1. The topological polar surface area (TPSA) is 79.2 Å². The number of aromatic nitrogens is 2. The molecule has 0 spiro atoms. The minimum Gasteiger partial charge on any atom is -0.394 e. The predicted molar refractivity (Wildman–Crippen MR) is 81.9 cm³/mol. The van der Waals surface area contributed by atoms with Crippen molar-refractivity contribution in [2.75, 3.05) is 11.9 Å². The molecule has 7 heteroatoms. The molecule has 6 nitrogen and oxygen atoms in total. The van der Waals surface area contributed by atoms with Gasteiger partial charge in [-0.05, 0) is 38.1 Å². The number of anilines is 1. The van der Waals surface area contributed by atoms with E-state index in [0.29, 0.717) is 10.7 Å². The lowest BCUT2D eigenvalue weighted by Crippen LogP contribution is -2.48. The van der Waals surface area contributed by atoms with E-state index in [4.69, 9.17) is 16.7 Å². The van der Waals surface area contributed by atoms with E-state index in [0.717, 1.165) is 5.69 Å². The minimum atomic E-state index is -0.692. The first kappa shape index (κ1) is 15.3. The smallest absolute Gasteiger partial charge is 0.319 e. The number of rotatable bonds is 4. The molecule has 0 aliphatic carbocycles. The van der Waals surface area contributed by atoms with Gasteiger partial charge in [-0.2, -0.15) is 5.10 Å². The summed E-state index contributed by atoms with van der Waals surface area (Å²) in [6, 6.07) is 6.53. The van der Waals surface area contributed by atoms with Crippen LogP contribution in [0.5, 0.6) is 0 Å². The molecule has 21 heavy (non-hydrogen) atoms. The number of amides is 2. The Morgan fingerprint density at radius 3 is 2.81 bits per heavy atom. The van der Waals surface area contributed by atoms with Crippen LogP contribution in [0.2, 0.25) is 5.02 Å². The van der Waals surface area contributed by atoms with E-state index in [1.165, 1.54) is 0 Å². The Balaban J connectivity index is 2.09. The number of halogens is 1. The van der Waals surface area contributed by atoms with Crippen LogP contribution in [0.4, 0.5) is 10.5 Å². The third kappa shape index (κ3) is 3.96. The first-order valence-corrected chi connectivity index (χ1v) is 6.79. The van der Waals surface area contributed by atoms with Crippen LogP contribution < -0.4 is 10.6 Å². The van der Waals surface area contributed by atoms with Crippen LogP contribution in [0.25, 0.3) is 5.69 Å². The SMILES string of the molecule is CC(C)(CO)NC(=O)Nc1ccc(-n2cccn2)c(Cl)c1. The van der Waals surface area contributed by atoms with Crippen molar-refractivity contribution >= 4 is 23.3 Å². The maximum absolute atomic E-state index is 11.8. The lowest BCUT2D eigenvalue weighted by atomic mass is 10.1. The van der Waals surface area contributed by atoms with Gasteiger partial charge in [0.05, 0.1) is 22.9 Å². The summed E-state index contributed by atoms with van der Waals surface area (Å²) in [5.41, 5.74) is 0.591. The summed E-state index contributed by atoms with van der Waals surface area (Å²) in [7, 11) is 0. The zero-order chi connectivity index (χ0) is 15.5. The molecule has 0 unspecified atom stereocenters. The van der Waals surface area contributed by atoms with Crippen molar-refractivity contribution < 1.29 is 9.90 Å². The van der Waals surface area contributed by atoms with E-state index in [-0.39, 0.29) is 6.61 Å². The molecule has 0 aliphatic heterocycles. The van der Waals surface area contributed by atoms with Gasteiger partial charge in [0, 0.05) is 18.1 Å². The summed E-state index contributed by atoms with van der Waals surface area (Å²) in [4.78, 5) is 11.8. The summed E-state index contributed by atoms with van der Waals surface area (Å²) in [5.74, 6) is 0. The van der Waals surface area contributed by atoms with Crippen LogP contribution in [0.1, 0.15) is 13.8 Å².